The zero-order valence-electron chi connectivity index (χ0n) is 15.4. The number of esters is 1. The summed E-state index contributed by atoms with van der Waals surface area (Å²) in [7, 11) is 1.17. The van der Waals surface area contributed by atoms with Crippen molar-refractivity contribution in [3.63, 3.8) is 0 Å². The lowest BCUT2D eigenvalue weighted by Gasteiger charge is -2.28. The van der Waals surface area contributed by atoms with Crippen molar-refractivity contribution in [2.24, 2.45) is 0 Å². The molecule has 0 radical (unpaired) electrons. The van der Waals surface area contributed by atoms with Crippen molar-refractivity contribution in [3.8, 4) is 0 Å². The van der Waals surface area contributed by atoms with E-state index in [9.17, 15) is 14.4 Å². The van der Waals surface area contributed by atoms with Gasteiger partial charge in [-0.05, 0) is 38.1 Å². The van der Waals surface area contributed by atoms with Crippen molar-refractivity contribution in [1.29, 1.82) is 0 Å². The summed E-state index contributed by atoms with van der Waals surface area (Å²) in [5.74, 6) is -1.81. The molecule has 0 saturated carbocycles. The molecule has 27 heavy (non-hydrogen) atoms. The first-order valence-corrected chi connectivity index (χ1v) is 8.44. The molecule has 1 aliphatic carbocycles. The molecule has 0 bridgehead atoms. The lowest BCUT2D eigenvalue weighted by molar-refractivity contribution is -0.137. The maximum absolute atomic E-state index is 12.7. The Hall–Kier alpha value is -3.47. The molecule has 0 amide bonds. The van der Waals surface area contributed by atoms with Crippen LogP contribution in [0.25, 0.3) is 0 Å². The van der Waals surface area contributed by atoms with Gasteiger partial charge in [0.1, 0.15) is 5.57 Å². The van der Waals surface area contributed by atoms with Crippen LogP contribution in [-0.4, -0.2) is 24.6 Å². The minimum atomic E-state index is -0.819. The van der Waals surface area contributed by atoms with Gasteiger partial charge in [0.25, 0.3) is 0 Å². The second kappa shape index (κ2) is 7.41. The Bertz CT molecular complexity index is 921. The van der Waals surface area contributed by atoms with Crippen LogP contribution in [0.5, 0.6) is 0 Å². The van der Waals surface area contributed by atoms with Gasteiger partial charge < -0.3 is 9.64 Å². The molecule has 0 fully saturated rings. The van der Waals surface area contributed by atoms with Crippen LogP contribution >= 0.6 is 0 Å². The number of rotatable bonds is 4. The zero-order chi connectivity index (χ0) is 19.6. The Morgan fingerprint density at radius 2 is 1.26 bits per heavy atom. The highest BCUT2D eigenvalue weighted by molar-refractivity contribution is 6.31. The lowest BCUT2D eigenvalue weighted by Crippen LogP contribution is -2.28. The maximum atomic E-state index is 12.7. The fourth-order valence-corrected chi connectivity index (χ4v) is 2.81. The Morgan fingerprint density at radius 3 is 1.70 bits per heavy atom. The number of carbonyl (C=O) groups is 3. The number of hydrogen-bond acceptors (Lipinski definition) is 5. The minimum absolute atomic E-state index is 0.181. The normalized spacial score (nSPS) is 13.7. The van der Waals surface area contributed by atoms with Crippen molar-refractivity contribution in [2.75, 3.05) is 12.0 Å². The van der Waals surface area contributed by atoms with E-state index in [0.717, 1.165) is 28.6 Å². The van der Waals surface area contributed by atoms with Crippen molar-refractivity contribution in [3.05, 3.63) is 83.1 Å². The van der Waals surface area contributed by atoms with Crippen molar-refractivity contribution >= 4 is 28.9 Å². The van der Waals surface area contributed by atoms with E-state index in [1.54, 1.807) is 4.90 Å². The number of nitrogens with zero attached hydrogens (tertiary/aromatic N) is 1. The second-order valence-corrected chi connectivity index (χ2v) is 6.31. The van der Waals surface area contributed by atoms with Gasteiger partial charge in [0, 0.05) is 23.5 Å². The number of ketones is 2. The number of aryl methyl sites for hydroxylation is 2. The van der Waals surface area contributed by atoms with Crippen molar-refractivity contribution in [2.45, 2.75) is 13.8 Å². The van der Waals surface area contributed by atoms with E-state index in [1.807, 2.05) is 62.4 Å². The van der Waals surface area contributed by atoms with E-state index in [0.29, 0.717) is 0 Å². The zero-order valence-corrected chi connectivity index (χ0v) is 15.4. The van der Waals surface area contributed by atoms with Gasteiger partial charge in [0.15, 0.2) is 5.78 Å². The molecular formula is C22H19NO4. The van der Waals surface area contributed by atoms with Gasteiger partial charge in [0.05, 0.1) is 12.8 Å². The Balaban J connectivity index is 2.10. The first-order valence-electron chi connectivity index (χ1n) is 8.44. The maximum Gasteiger partial charge on any atom is 0.341 e. The quantitative estimate of drug-likeness (QED) is 0.473. The topological polar surface area (TPSA) is 63.7 Å². The highest BCUT2D eigenvalue weighted by Crippen LogP contribution is 2.32. The summed E-state index contributed by atoms with van der Waals surface area (Å²) in [5.41, 5.74) is 3.56. The predicted molar refractivity (Wildman–Crippen MR) is 103 cm³/mol. The predicted octanol–water partition coefficient (Wildman–Crippen LogP) is 3.58. The molecule has 5 heteroatoms. The average Bonchev–Trinajstić information content (AvgIpc) is 2.66. The molecule has 0 atom stereocenters. The summed E-state index contributed by atoms with van der Waals surface area (Å²) in [6.45, 7) is 3.94. The van der Waals surface area contributed by atoms with E-state index >= 15 is 0 Å². The highest BCUT2D eigenvalue weighted by atomic mass is 16.5. The average molecular weight is 361 g/mol. The number of carbonyl (C=O) groups excluding carboxylic acids is 3. The van der Waals surface area contributed by atoms with Gasteiger partial charge in [-0.2, -0.15) is 0 Å². The third kappa shape index (κ3) is 3.72. The molecule has 0 unspecified atom stereocenters. The van der Waals surface area contributed by atoms with E-state index in [4.69, 9.17) is 0 Å². The lowest BCUT2D eigenvalue weighted by atomic mass is 9.99. The molecule has 0 aromatic heterocycles. The summed E-state index contributed by atoms with van der Waals surface area (Å²) < 4.78 is 4.58. The highest BCUT2D eigenvalue weighted by Gasteiger charge is 2.30. The first-order chi connectivity index (χ1) is 12.9. The van der Waals surface area contributed by atoms with Crippen molar-refractivity contribution in [1.82, 2.24) is 0 Å². The Kier molecular flexibility index (Phi) is 5.03. The molecule has 2 aromatic carbocycles. The number of benzene rings is 2. The van der Waals surface area contributed by atoms with E-state index < -0.39 is 17.5 Å². The number of hydrogen-bond donors (Lipinski definition) is 0. The smallest absolute Gasteiger partial charge is 0.341 e. The van der Waals surface area contributed by atoms with E-state index in [-0.39, 0.29) is 11.3 Å². The van der Waals surface area contributed by atoms with Gasteiger partial charge >= 0.3 is 5.97 Å². The fraction of sp³-hybridized carbons (Fsp3) is 0.136. The van der Waals surface area contributed by atoms with Gasteiger partial charge in [-0.1, -0.05) is 35.4 Å². The van der Waals surface area contributed by atoms with Gasteiger partial charge in [0.2, 0.25) is 5.78 Å². The third-order valence-electron chi connectivity index (χ3n) is 4.29. The standard InChI is InChI=1S/C22H19NO4/c1-14-4-8-16(9-5-14)23(17-10-6-15(2)7-11-17)19-13-20(24)18(12-21(19)25)22(26)27-3/h4-13H,1-3H3. The fourth-order valence-electron chi connectivity index (χ4n) is 2.81. The number of anilines is 2. The van der Waals surface area contributed by atoms with Crippen LogP contribution in [0.3, 0.4) is 0 Å². The molecule has 0 saturated heterocycles. The van der Waals surface area contributed by atoms with Crippen LogP contribution in [0.1, 0.15) is 11.1 Å². The first kappa shape index (κ1) is 18.3. The number of allylic oxidation sites excluding steroid dienone is 2. The molecule has 5 nitrogen and oxygen atoms in total. The van der Waals surface area contributed by atoms with Crippen LogP contribution in [0.15, 0.2) is 72.0 Å². The van der Waals surface area contributed by atoms with Crippen LogP contribution in [0.4, 0.5) is 11.4 Å². The van der Waals surface area contributed by atoms with E-state index in [2.05, 4.69) is 4.74 Å². The molecule has 0 aliphatic heterocycles. The Labute approximate surface area is 157 Å². The van der Waals surface area contributed by atoms with Crippen LogP contribution in [0, 0.1) is 13.8 Å². The number of methoxy groups -OCH3 is 1. The van der Waals surface area contributed by atoms with Crippen LogP contribution < -0.4 is 4.90 Å². The number of ether oxygens (including phenoxy) is 1. The summed E-state index contributed by atoms with van der Waals surface area (Å²) in [6, 6.07) is 15.3. The second-order valence-electron chi connectivity index (χ2n) is 6.31. The summed E-state index contributed by atoms with van der Waals surface area (Å²) in [4.78, 5) is 38.6. The van der Waals surface area contributed by atoms with Crippen LogP contribution in [-0.2, 0) is 19.1 Å². The summed E-state index contributed by atoms with van der Waals surface area (Å²) >= 11 is 0. The molecule has 136 valence electrons. The van der Waals surface area contributed by atoms with Gasteiger partial charge in [-0.15, -0.1) is 0 Å². The Morgan fingerprint density at radius 1 is 0.778 bits per heavy atom. The van der Waals surface area contributed by atoms with Crippen molar-refractivity contribution < 1.29 is 19.1 Å². The monoisotopic (exact) mass is 361 g/mol. The van der Waals surface area contributed by atoms with Crippen LogP contribution in [0.2, 0.25) is 0 Å². The van der Waals surface area contributed by atoms with E-state index in [1.165, 1.54) is 13.2 Å². The minimum Gasteiger partial charge on any atom is -0.465 e. The molecule has 2 aromatic rings. The van der Waals surface area contributed by atoms with Gasteiger partial charge in [-0.3, -0.25) is 9.59 Å². The molecule has 1 aliphatic rings. The molecule has 0 spiro atoms. The largest absolute Gasteiger partial charge is 0.465 e. The molecule has 0 N–H and O–H groups in total. The molecular weight excluding hydrogens is 342 g/mol. The summed E-state index contributed by atoms with van der Waals surface area (Å²) in [5, 5.41) is 0. The van der Waals surface area contributed by atoms with Gasteiger partial charge in [-0.25, -0.2) is 4.79 Å². The third-order valence-corrected chi connectivity index (χ3v) is 4.29. The molecule has 3 rings (SSSR count). The summed E-state index contributed by atoms with van der Waals surface area (Å²) in [6.07, 6.45) is 2.23. The SMILES string of the molecule is COC(=O)C1=CC(=O)C(N(c2ccc(C)cc2)c2ccc(C)cc2)=CC1=O. The molecule has 0 heterocycles.